The van der Waals surface area contributed by atoms with Gasteiger partial charge < -0.3 is 0 Å². The molecule has 0 radical (unpaired) electrons. The molecule has 64 valence electrons. The third kappa shape index (κ3) is 1.17. The SMILES string of the molecule is CC1CSC2=C(S1)C(=O)NC2=O. The van der Waals surface area contributed by atoms with E-state index in [0.717, 1.165) is 5.75 Å². The van der Waals surface area contributed by atoms with Crippen molar-refractivity contribution in [3.8, 4) is 0 Å². The Hall–Kier alpha value is -0.420. The quantitative estimate of drug-likeness (QED) is 0.587. The van der Waals surface area contributed by atoms with Gasteiger partial charge in [-0.1, -0.05) is 6.92 Å². The summed E-state index contributed by atoms with van der Waals surface area (Å²) < 4.78 is 0. The van der Waals surface area contributed by atoms with Crippen LogP contribution in [0.25, 0.3) is 0 Å². The van der Waals surface area contributed by atoms with Crippen LogP contribution >= 0.6 is 23.5 Å². The molecule has 1 atom stereocenters. The molecule has 12 heavy (non-hydrogen) atoms. The predicted octanol–water partition coefficient (Wildman–Crippen LogP) is 0.723. The van der Waals surface area contributed by atoms with Crippen molar-refractivity contribution in [1.82, 2.24) is 5.32 Å². The van der Waals surface area contributed by atoms with E-state index in [1.54, 1.807) is 0 Å². The van der Waals surface area contributed by atoms with E-state index in [1.807, 2.05) is 0 Å². The van der Waals surface area contributed by atoms with E-state index in [0.29, 0.717) is 15.1 Å². The van der Waals surface area contributed by atoms with Crippen molar-refractivity contribution in [2.75, 3.05) is 5.75 Å². The number of hydrogen-bond acceptors (Lipinski definition) is 4. The van der Waals surface area contributed by atoms with Gasteiger partial charge in [-0.25, -0.2) is 0 Å². The maximum Gasteiger partial charge on any atom is 0.265 e. The fourth-order valence-electron chi connectivity index (χ4n) is 1.10. The van der Waals surface area contributed by atoms with Crippen LogP contribution in [-0.2, 0) is 9.59 Å². The Morgan fingerprint density at radius 3 is 2.75 bits per heavy atom. The highest BCUT2D eigenvalue weighted by molar-refractivity contribution is 8.11. The molecule has 0 saturated heterocycles. The second kappa shape index (κ2) is 2.81. The van der Waals surface area contributed by atoms with Crippen LogP contribution in [0.15, 0.2) is 9.81 Å². The fourth-order valence-corrected chi connectivity index (χ4v) is 3.46. The van der Waals surface area contributed by atoms with Crippen LogP contribution in [0, 0.1) is 0 Å². The van der Waals surface area contributed by atoms with Gasteiger partial charge >= 0.3 is 0 Å². The summed E-state index contributed by atoms with van der Waals surface area (Å²) in [4.78, 5) is 23.5. The van der Waals surface area contributed by atoms with E-state index in [9.17, 15) is 9.59 Å². The van der Waals surface area contributed by atoms with Gasteiger partial charge in [-0.3, -0.25) is 14.9 Å². The Bertz CT molecular complexity index is 298. The molecular formula is C7H7NO2S2. The Labute approximate surface area is 78.3 Å². The van der Waals surface area contributed by atoms with Crippen LogP contribution in [0.4, 0.5) is 0 Å². The van der Waals surface area contributed by atoms with Gasteiger partial charge in [0.05, 0.1) is 9.81 Å². The van der Waals surface area contributed by atoms with Crippen molar-refractivity contribution in [2.45, 2.75) is 12.2 Å². The molecule has 0 fully saturated rings. The van der Waals surface area contributed by atoms with Crippen LogP contribution in [0.3, 0.4) is 0 Å². The Balaban J connectivity index is 2.35. The number of thioether (sulfide) groups is 2. The van der Waals surface area contributed by atoms with Crippen molar-refractivity contribution in [3.05, 3.63) is 9.81 Å². The van der Waals surface area contributed by atoms with Crippen molar-refractivity contribution in [3.63, 3.8) is 0 Å². The van der Waals surface area contributed by atoms with Gasteiger partial charge in [0.2, 0.25) is 0 Å². The van der Waals surface area contributed by atoms with Gasteiger partial charge in [-0.05, 0) is 0 Å². The number of carbonyl (C=O) groups excluding carboxylic acids is 2. The monoisotopic (exact) mass is 201 g/mol. The smallest absolute Gasteiger partial charge is 0.265 e. The highest BCUT2D eigenvalue weighted by atomic mass is 32.2. The first-order valence-corrected chi connectivity index (χ1v) is 5.44. The summed E-state index contributed by atoms with van der Waals surface area (Å²) in [5.74, 6) is 0.461. The average molecular weight is 201 g/mol. The molecule has 5 heteroatoms. The van der Waals surface area contributed by atoms with Crippen LogP contribution in [0.2, 0.25) is 0 Å². The van der Waals surface area contributed by atoms with Gasteiger partial charge in [0.15, 0.2) is 0 Å². The summed E-state index contributed by atoms with van der Waals surface area (Å²) >= 11 is 2.97. The lowest BCUT2D eigenvalue weighted by Gasteiger charge is -2.15. The topological polar surface area (TPSA) is 46.2 Å². The number of carbonyl (C=O) groups is 2. The standard InChI is InChI=1S/C7H7NO2S2/c1-3-2-11-4-5(12-3)7(10)8-6(4)9/h3H,2H2,1H3,(H,8,9,10). The zero-order chi connectivity index (χ0) is 8.72. The van der Waals surface area contributed by atoms with E-state index < -0.39 is 0 Å². The third-order valence-corrected chi connectivity index (χ3v) is 4.51. The van der Waals surface area contributed by atoms with Crippen molar-refractivity contribution in [2.24, 2.45) is 0 Å². The minimum atomic E-state index is -0.223. The molecule has 2 aliphatic rings. The van der Waals surface area contributed by atoms with E-state index >= 15 is 0 Å². The first-order chi connectivity index (χ1) is 5.68. The van der Waals surface area contributed by atoms with Gasteiger partial charge in [0.25, 0.3) is 11.8 Å². The lowest BCUT2D eigenvalue weighted by Crippen LogP contribution is -2.22. The van der Waals surface area contributed by atoms with E-state index in [1.165, 1.54) is 23.5 Å². The molecule has 2 amide bonds. The molecule has 0 spiro atoms. The Morgan fingerprint density at radius 2 is 2.00 bits per heavy atom. The molecule has 0 aromatic heterocycles. The summed E-state index contributed by atoms with van der Waals surface area (Å²) in [6.07, 6.45) is 0. The second-order valence-corrected chi connectivity index (χ2v) is 5.16. The minimum absolute atomic E-state index is 0.223. The lowest BCUT2D eigenvalue weighted by molar-refractivity contribution is -0.123. The van der Waals surface area contributed by atoms with E-state index in [4.69, 9.17) is 0 Å². The molecule has 2 heterocycles. The Kier molecular flexibility index (Phi) is 1.92. The normalized spacial score (nSPS) is 28.9. The van der Waals surface area contributed by atoms with Crippen LogP contribution in [0.5, 0.6) is 0 Å². The van der Waals surface area contributed by atoms with Crippen LogP contribution in [-0.4, -0.2) is 22.8 Å². The largest absolute Gasteiger partial charge is 0.287 e. The molecule has 2 rings (SSSR count). The Morgan fingerprint density at radius 1 is 1.33 bits per heavy atom. The third-order valence-electron chi connectivity index (χ3n) is 1.63. The summed E-state index contributed by atoms with van der Waals surface area (Å²) in [5.41, 5.74) is 0. The van der Waals surface area contributed by atoms with E-state index in [2.05, 4.69) is 12.2 Å². The average Bonchev–Trinajstić information content (AvgIpc) is 2.28. The number of rotatable bonds is 0. The highest BCUT2D eigenvalue weighted by Crippen LogP contribution is 2.40. The minimum Gasteiger partial charge on any atom is -0.287 e. The fraction of sp³-hybridized carbons (Fsp3) is 0.429. The zero-order valence-electron chi connectivity index (χ0n) is 6.42. The molecule has 3 nitrogen and oxygen atoms in total. The molecule has 0 aromatic carbocycles. The van der Waals surface area contributed by atoms with Gasteiger partial charge in [0.1, 0.15) is 0 Å². The van der Waals surface area contributed by atoms with Gasteiger partial charge in [0, 0.05) is 11.0 Å². The zero-order valence-corrected chi connectivity index (χ0v) is 8.05. The number of amides is 2. The van der Waals surface area contributed by atoms with Crippen molar-refractivity contribution >= 4 is 35.3 Å². The predicted molar refractivity (Wildman–Crippen MR) is 49.7 cm³/mol. The summed E-state index contributed by atoms with van der Waals surface area (Å²) in [6, 6.07) is 0. The summed E-state index contributed by atoms with van der Waals surface area (Å²) in [7, 11) is 0. The van der Waals surface area contributed by atoms with Gasteiger partial charge in [-0.15, -0.1) is 23.5 Å². The van der Waals surface area contributed by atoms with Gasteiger partial charge in [-0.2, -0.15) is 0 Å². The molecule has 0 bridgehead atoms. The maximum atomic E-state index is 11.1. The molecule has 1 N–H and O–H groups in total. The highest BCUT2D eigenvalue weighted by Gasteiger charge is 2.35. The molecule has 0 saturated carbocycles. The molecule has 1 unspecified atom stereocenters. The molecular weight excluding hydrogens is 194 g/mol. The van der Waals surface area contributed by atoms with E-state index in [-0.39, 0.29) is 11.8 Å². The number of nitrogens with one attached hydrogen (secondary N) is 1. The summed E-state index contributed by atoms with van der Waals surface area (Å²) in [6.45, 7) is 2.05. The molecule has 2 aliphatic heterocycles. The molecule has 0 aromatic rings. The first kappa shape index (κ1) is 8.19. The van der Waals surface area contributed by atoms with Crippen molar-refractivity contribution in [1.29, 1.82) is 0 Å². The first-order valence-electron chi connectivity index (χ1n) is 3.58. The summed E-state index contributed by atoms with van der Waals surface area (Å²) in [5, 5.41) is 2.71. The second-order valence-electron chi connectivity index (χ2n) is 2.68. The lowest BCUT2D eigenvalue weighted by atomic mass is 10.5. The maximum absolute atomic E-state index is 11.1. The number of hydrogen-bond donors (Lipinski definition) is 1. The van der Waals surface area contributed by atoms with Crippen LogP contribution < -0.4 is 5.32 Å². The molecule has 0 aliphatic carbocycles. The van der Waals surface area contributed by atoms with Crippen molar-refractivity contribution < 1.29 is 9.59 Å². The van der Waals surface area contributed by atoms with Crippen LogP contribution in [0.1, 0.15) is 6.92 Å². The number of imide groups is 1.